The minimum Gasteiger partial charge on any atom is -0.354 e. The van der Waals surface area contributed by atoms with Crippen LogP contribution in [0.15, 0.2) is 24.3 Å². The molecule has 3 heteroatoms. The lowest BCUT2D eigenvalue weighted by Gasteiger charge is -2.20. The SMILES string of the molecule is Cc1ccc([C@@H](C)N([SiH3])[SiH3])cc1. The fraction of sp³-hybridized carbons (Fsp3) is 0.333. The molecule has 1 atom stereocenters. The maximum absolute atomic E-state index is 2.49. The van der Waals surface area contributed by atoms with E-state index in [9.17, 15) is 0 Å². The van der Waals surface area contributed by atoms with Crippen molar-refractivity contribution in [2.45, 2.75) is 19.9 Å². The lowest BCUT2D eigenvalue weighted by atomic mass is 10.1. The van der Waals surface area contributed by atoms with E-state index in [0.29, 0.717) is 6.04 Å². The molecule has 0 unspecified atom stereocenters. The molecule has 0 amide bonds. The Bertz CT molecular complexity index is 243. The Hall–Kier alpha value is -0.386. The van der Waals surface area contributed by atoms with Gasteiger partial charge < -0.3 is 4.23 Å². The maximum atomic E-state index is 2.49. The van der Waals surface area contributed by atoms with Crippen LogP contribution in [-0.4, -0.2) is 25.0 Å². The lowest BCUT2D eigenvalue weighted by molar-refractivity contribution is 0.552. The molecule has 0 spiro atoms. The third kappa shape index (κ3) is 2.30. The number of nitrogens with zero attached hydrogens (tertiary/aromatic N) is 1. The molecule has 0 N–H and O–H groups in total. The van der Waals surface area contributed by atoms with E-state index in [0.717, 1.165) is 0 Å². The zero-order valence-electron chi connectivity index (χ0n) is 8.33. The van der Waals surface area contributed by atoms with Crippen molar-refractivity contribution < 1.29 is 0 Å². The van der Waals surface area contributed by atoms with Crippen LogP contribution in [-0.2, 0) is 0 Å². The van der Waals surface area contributed by atoms with Crippen LogP contribution < -0.4 is 0 Å². The van der Waals surface area contributed by atoms with Gasteiger partial charge in [0, 0.05) is 6.04 Å². The number of rotatable bonds is 2. The highest BCUT2D eigenvalue weighted by molar-refractivity contribution is 6.25. The normalized spacial score (nSPS) is 13.9. The molecule has 0 saturated carbocycles. The summed E-state index contributed by atoms with van der Waals surface area (Å²) < 4.78 is 2.49. The average molecular weight is 195 g/mol. The van der Waals surface area contributed by atoms with Gasteiger partial charge in [-0.2, -0.15) is 0 Å². The van der Waals surface area contributed by atoms with E-state index in [4.69, 9.17) is 0 Å². The summed E-state index contributed by atoms with van der Waals surface area (Å²) in [7, 11) is 2.36. The molecular weight excluding hydrogens is 178 g/mol. The molecule has 0 bridgehead atoms. The van der Waals surface area contributed by atoms with Gasteiger partial charge in [-0.3, -0.25) is 0 Å². The van der Waals surface area contributed by atoms with E-state index >= 15 is 0 Å². The maximum Gasteiger partial charge on any atom is 0.0704 e. The fourth-order valence-corrected chi connectivity index (χ4v) is 1.74. The first kappa shape index (κ1) is 9.70. The summed E-state index contributed by atoms with van der Waals surface area (Å²) in [6.45, 7) is 4.41. The highest BCUT2D eigenvalue weighted by Crippen LogP contribution is 2.16. The van der Waals surface area contributed by atoms with Gasteiger partial charge >= 0.3 is 0 Å². The van der Waals surface area contributed by atoms with Gasteiger partial charge in [-0.25, -0.2) is 0 Å². The molecule has 12 heavy (non-hydrogen) atoms. The number of hydrogen-bond donors (Lipinski definition) is 0. The Labute approximate surface area is 80.8 Å². The fourth-order valence-electron chi connectivity index (χ4n) is 1.14. The van der Waals surface area contributed by atoms with Crippen molar-refractivity contribution in [2.24, 2.45) is 0 Å². The van der Waals surface area contributed by atoms with Crippen LogP contribution in [0.5, 0.6) is 0 Å². The van der Waals surface area contributed by atoms with Crippen LogP contribution in [0, 0.1) is 6.92 Å². The zero-order chi connectivity index (χ0) is 9.14. The van der Waals surface area contributed by atoms with Crippen molar-refractivity contribution in [2.75, 3.05) is 0 Å². The van der Waals surface area contributed by atoms with Gasteiger partial charge in [0.05, 0.1) is 20.8 Å². The molecule has 1 aromatic carbocycles. The second kappa shape index (κ2) is 4.02. The van der Waals surface area contributed by atoms with E-state index in [-0.39, 0.29) is 0 Å². The molecule has 0 aliphatic rings. The molecule has 1 nitrogen and oxygen atoms in total. The summed E-state index contributed by atoms with van der Waals surface area (Å²) >= 11 is 0. The second-order valence-corrected chi connectivity index (χ2v) is 8.16. The van der Waals surface area contributed by atoms with Crippen LogP contribution in [0.3, 0.4) is 0 Å². The highest BCUT2D eigenvalue weighted by Gasteiger charge is 2.05. The average Bonchev–Trinajstić information content (AvgIpc) is 2.04. The zero-order valence-corrected chi connectivity index (χ0v) is 12.3. The minimum absolute atomic E-state index is 0.629. The summed E-state index contributed by atoms with van der Waals surface area (Å²) in [5.74, 6) is 0. The van der Waals surface area contributed by atoms with E-state index in [1.54, 1.807) is 0 Å². The molecule has 0 aromatic heterocycles. The van der Waals surface area contributed by atoms with Gasteiger partial charge in [-0.15, -0.1) is 0 Å². The Morgan fingerprint density at radius 2 is 1.67 bits per heavy atom. The Morgan fingerprint density at radius 3 is 2.08 bits per heavy atom. The molecular formula is C9H17NSi2. The first-order valence-electron chi connectivity index (χ1n) is 4.34. The van der Waals surface area contributed by atoms with Gasteiger partial charge in [0.15, 0.2) is 0 Å². The molecule has 66 valence electrons. The van der Waals surface area contributed by atoms with Crippen LogP contribution >= 0.6 is 0 Å². The Balaban J connectivity index is 2.82. The van der Waals surface area contributed by atoms with Gasteiger partial charge in [0.25, 0.3) is 0 Å². The predicted molar refractivity (Wildman–Crippen MR) is 61.3 cm³/mol. The Kier molecular flexibility index (Phi) is 3.25. The molecule has 0 radical (unpaired) electrons. The van der Waals surface area contributed by atoms with Crippen molar-refractivity contribution in [3.8, 4) is 0 Å². The summed E-state index contributed by atoms with van der Waals surface area (Å²) in [5.41, 5.74) is 2.80. The van der Waals surface area contributed by atoms with Crippen LogP contribution in [0.1, 0.15) is 24.1 Å². The summed E-state index contributed by atoms with van der Waals surface area (Å²) in [5, 5.41) is 0. The third-order valence-corrected chi connectivity index (χ3v) is 3.88. The van der Waals surface area contributed by atoms with Gasteiger partial charge in [-0.1, -0.05) is 29.8 Å². The summed E-state index contributed by atoms with van der Waals surface area (Å²) in [4.78, 5) is 0. The molecule has 0 fully saturated rings. The number of aryl methyl sites for hydroxylation is 1. The molecule has 0 aliphatic carbocycles. The monoisotopic (exact) mass is 195 g/mol. The first-order chi connectivity index (χ1) is 5.61. The van der Waals surface area contributed by atoms with E-state index in [1.807, 2.05) is 0 Å². The van der Waals surface area contributed by atoms with Crippen molar-refractivity contribution in [3.63, 3.8) is 0 Å². The molecule has 1 aromatic rings. The third-order valence-electron chi connectivity index (χ3n) is 2.33. The van der Waals surface area contributed by atoms with Gasteiger partial charge in [0.1, 0.15) is 0 Å². The van der Waals surface area contributed by atoms with Crippen LogP contribution in [0.2, 0.25) is 0 Å². The molecule has 1 rings (SSSR count). The summed E-state index contributed by atoms with van der Waals surface area (Å²) in [6.07, 6.45) is 0. The van der Waals surface area contributed by atoms with Crippen LogP contribution in [0.25, 0.3) is 0 Å². The van der Waals surface area contributed by atoms with Crippen molar-refractivity contribution in [1.29, 1.82) is 0 Å². The van der Waals surface area contributed by atoms with Crippen LogP contribution in [0.4, 0.5) is 0 Å². The van der Waals surface area contributed by atoms with E-state index in [1.165, 1.54) is 31.9 Å². The van der Waals surface area contributed by atoms with E-state index in [2.05, 4.69) is 42.3 Å². The first-order valence-corrected chi connectivity index (χ1v) is 6.13. The van der Waals surface area contributed by atoms with Gasteiger partial charge in [0.2, 0.25) is 0 Å². The smallest absolute Gasteiger partial charge is 0.0704 e. The minimum atomic E-state index is 0.629. The van der Waals surface area contributed by atoms with Crippen molar-refractivity contribution in [1.82, 2.24) is 4.23 Å². The molecule has 0 aliphatic heterocycles. The van der Waals surface area contributed by atoms with Crippen molar-refractivity contribution >= 4 is 20.8 Å². The standard InChI is InChI=1S/C9H17NSi2/c1-7-3-5-9(6-4-7)8(2)10(11)12/h3-6,8H,1-2,11-12H3/t8-/m1/s1. The molecule has 0 saturated heterocycles. The van der Waals surface area contributed by atoms with Gasteiger partial charge in [-0.05, 0) is 19.4 Å². The Morgan fingerprint density at radius 1 is 1.17 bits per heavy atom. The quantitative estimate of drug-likeness (QED) is 0.597. The number of benzene rings is 1. The van der Waals surface area contributed by atoms with Crippen molar-refractivity contribution in [3.05, 3.63) is 35.4 Å². The highest BCUT2D eigenvalue weighted by atomic mass is 28.2. The topological polar surface area (TPSA) is 3.24 Å². The molecule has 0 heterocycles. The predicted octanol–water partition coefficient (Wildman–Crippen LogP) is -0.0812. The number of hydrogen-bond acceptors (Lipinski definition) is 1. The summed E-state index contributed by atoms with van der Waals surface area (Å²) in [6, 6.07) is 9.49. The van der Waals surface area contributed by atoms with E-state index < -0.39 is 0 Å². The second-order valence-electron chi connectivity index (χ2n) is 3.55. The lowest BCUT2D eigenvalue weighted by Crippen LogP contribution is -2.20. The largest absolute Gasteiger partial charge is 0.354 e.